The summed E-state index contributed by atoms with van der Waals surface area (Å²) < 4.78 is 6.86. The van der Waals surface area contributed by atoms with E-state index in [-0.39, 0.29) is 17.3 Å². The first-order chi connectivity index (χ1) is 20.2. The minimum absolute atomic E-state index is 0.101. The highest BCUT2D eigenvalue weighted by molar-refractivity contribution is 7.19. The maximum Gasteiger partial charge on any atom is 0.315 e. The largest absolute Gasteiger partial charge is 0.508 e. The van der Waals surface area contributed by atoms with Crippen LogP contribution in [0, 0.1) is 6.92 Å². The molecule has 42 heavy (non-hydrogen) atoms. The highest BCUT2D eigenvalue weighted by atomic mass is 32.1. The molecule has 1 fully saturated rings. The number of phenols is 1. The zero-order valence-electron chi connectivity index (χ0n) is 23.2. The lowest BCUT2D eigenvalue weighted by Crippen LogP contribution is -2.55. The summed E-state index contributed by atoms with van der Waals surface area (Å²) in [5.74, 6) is -0.101. The van der Waals surface area contributed by atoms with E-state index in [1.807, 2.05) is 43.3 Å². The number of hydrogen-bond donors (Lipinski definition) is 7. The fourth-order valence-corrected chi connectivity index (χ4v) is 6.26. The van der Waals surface area contributed by atoms with Gasteiger partial charge in [0.2, 0.25) is 0 Å². The number of urea groups is 1. The van der Waals surface area contributed by atoms with Gasteiger partial charge in [-0.3, -0.25) is 0 Å². The SMILES string of the molecule is Cc1cc(O)c([C@@H]2O[C@H](CO)[C@@H](O)[C@H](O)[C@H]2O)cc1Cc1ccc(CCNC(=O)NCc2cc3ccccc3s2)cc1. The van der Waals surface area contributed by atoms with Gasteiger partial charge in [-0.2, -0.15) is 0 Å². The zero-order chi connectivity index (χ0) is 29.8. The van der Waals surface area contributed by atoms with Gasteiger partial charge in [0.25, 0.3) is 0 Å². The number of aromatic hydroxyl groups is 1. The number of aryl methyl sites for hydroxylation is 1. The molecule has 0 spiro atoms. The summed E-state index contributed by atoms with van der Waals surface area (Å²) in [5.41, 5.74) is 4.12. The zero-order valence-corrected chi connectivity index (χ0v) is 24.1. The Kier molecular flexibility index (Phi) is 9.42. The maximum absolute atomic E-state index is 12.3. The van der Waals surface area contributed by atoms with Crippen molar-refractivity contribution in [3.8, 4) is 5.75 Å². The average molecular weight is 593 g/mol. The van der Waals surface area contributed by atoms with Crippen LogP contribution in [-0.4, -0.2) is 69.1 Å². The second-order valence-corrected chi connectivity index (χ2v) is 11.9. The fourth-order valence-electron chi connectivity index (χ4n) is 5.25. The average Bonchev–Trinajstić information content (AvgIpc) is 3.41. The monoisotopic (exact) mass is 592 g/mol. The highest BCUT2D eigenvalue weighted by Gasteiger charge is 2.44. The first-order valence-electron chi connectivity index (χ1n) is 13.9. The molecule has 7 N–H and O–H groups in total. The molecule has 0 saturated carbocycles. The lowest BCUT2D eigenvalue weighted by Gasteiger charge is -2.40. The molecule has 1 aliphatic heterocycles. The van der Waals surface area contributed by atoms with Crippen LogP contribution in [0.4, 0.5) is 4.79 Å². The standard InChI is InChI=1S/C32H36N2O7S/c1-18-12-25(36)24(31-30(39)29(38)28(37)26(17-35)41-31)15-22(18)13-20-8-6-19(7-9-20)10-11-33-32(40)34-16-23-14-21-4-2-3-5-27(21)42-23/h2-9,12,14-15,26,28-31,35-39H,10-11,13,16-17H2,1H3,(H2,33,34,40)/t26-,28-,29+,30-,31+/m1/s1. The fraction of sp³-hybridized carbons (Fsp3) is 0.344. The van der Waals surface area contributed by atoms with Crippen molar-refractivity contribution in [1.29, 1.82) is 0 Å². The van der Waals surface area contributed by atoms with Gasteiger partial charge in [0.15, 0.2) is 0 Å². The number of phenolic OH excluding ortho intramolecular Hbond substituents is 1. The molecule has 2 amide bonds. The van der Waals surface area contributed by atoms with Gasteiger partial charge >= 0.3 is 6.03 Å². The smallest absolute Gasteiger partial charge is 0.315 e. The van der Waals surface area contributed by atoms with Crippen LogP contribution in [0.15, 0.2) is 66.7 Å². The summed E-state index contributed by atoms with van der Waals surface area (Å²) in [6.45, 7) is 2.31. The van der Waals surface area contributed by atoms with Crippen LogP contribution in [0.5, 0.6) is 5.75 Å². The van der Waals surface area contributed by atoms with Crippen molar-refractivity contribution >= 4 is 27.5 Å². The summed E-state index contributed by atoms with van der Waals surface area (Å²) in [4.78, 5) is 13.4. The third-order valence-corrected chi connectivity index (χ3v) is 8.82. The lowest BCUT2D eigenvalue weighted by atomic mass is 9.88. The van der Waals surface area contributed by atoms with E-state index in [1.165, 1.54) is 10.1 Å². The first kappa shape index (κ1) is 30.0. The van der Waals surface area contributed by atoms with Crippen LogP contribution >= 0.6 is 11.3 Å². The summed E-state index contributed by atoms with van der Waals surface area (Å²) >= 11 is 1.67. The topological polar surface area (TPSA) is 152 Å². The number of carbonyl (C=O) groups excluding carboxylic acids is 1. The molecule has 1 aliphatic rings. The van der Waals surface area contributed by atoms with Crippen LogP contribution in [0.3, 0.4) is 0 Å². The summed E-state index contributed by atoms with van der Waals surface area (Å²) in [5, 5.41) is 58.0. The Balaban J connectivity index is 1.15. The Hall–Kier alpha value is -3.51. The third-order valence-electron chi connectivity index (χ3n) is 7.70. The molecule has 1 aromatic heterocycles. The van der Waals surface area contributed by atoms with Crippen molar-refractivity contribution in [3.63, 3.8) is 0 Å². The van der Waals surface area contributed by atoms with E-state index in [4.69, 9.17) is 4.74 Å². The van der Waals surface area contributed by atoms with Gasteiger partial charge in [-0.25, -0.2) is 4.79 Å². The van der Waals surface area contributed by atoms with E-state index in [0.717, 1.165) is 27.1 Å². The molecular weight excluding hydrogens is 556 g/mol. The molecule has 0 radical (unpaired) electrons. The Morgan fingerprint density at radius 1 is 0.929 bits per heavy atom. The third kappa shape index (κ3) is 6.75. The molecule has 2 heterocycles. The first-order valence-corrected chi connectivity index (χ1v) is 14.7. The number of nitrogens with one attached hydrogen (secondary N) is 2. The van der Waals surface area contributed by atoms with E-state index in [9.17, 15) is 30.3 Å². The molecule has 1 saturated heterocycles. The molecule has 10 heteroatoms. The number of hydrogen-bond acceptors (Lipinski definition) is 8. The van der Waals surface area contributed by atoms with Crippen LogP contribution in [-0.2, 0) is 24.1 Å². The van der Waals surface area contributed by atoms with Crippen LogP contribution in [0.25, 0.3) is 10.1 Å². The number of fused-ring (bicyclic) bond motifs is 1. The predicted molar refractivity (Wildman–Crippen MR) is 161 cm³/mol. The Bertz CT molecular complexity index is 1490. The number of aliphatic hydroxyl groups is 4. The quantitative estimate of drug-likeness (QED) is 0.158. The lowest BCUT2D eigenvalue weighted by molar-refractivity contribution is -0.232. The molecule has 9 nitrogen and oxygen atoms in total. The highest BCUT2D eigenvalue weighted by Crippen LogP contribution is 2.38. The summed E-state index contributed by atoms with van der Waals surface area (Å²) in [7, 11) is 0. The molecule has 3 aromatic carbocycles. The predicted octanol–water partition coefficient (Wildman–Crippen LogP) is 3.06. The van der Waals surface area contributed by atoms with Crippen molar-refractivity contribution < 1.29 is 35.1 Å². The summed E-state index contributed by atoms with van der Waals surface area (Å²) in [6.07, 6.45) is -5.42. The van der Waals surface area contributed by atoms with Crippen molar-refractivity contribution in [1.82, 2.24) is 10.6 Å². The van der Waals surface area contributed by atoms with E-state index in [1.54, 1.807) is 23.5 Å². The Morgan fingerprint density at radius 2 is 1.67 bits per heavy atom. The van der Waals surface area contributed by atoms with Crippen LogP contribution < -0.4 is 10.6 Å². The number of aliphatic hydroxyl groups excluding tert-OH is 4. The van der Waals surface area contributed by atoms with Crippen molar-refractivity contribution in [2.75, 3.05) is 13.2 Å². The molecule has 5 atom stereocenters. The minimum atomic E-state index is -1.53. The van der Waals surface area contributed by atoms with Crippen molar-refractivity contribution in [2.45, 2.75) is 56.8 Å². The summed E-state index contributed by atoms with van der Waals surface area (Å²) in [6, 6.07) is 21.4. The van der Waals surface area contributed by atoms with Gasteiger partial charge in [-0.1, -0.05) is 42.5 Å². The van der Waals surface area contributed by atoms with Crippen molar-refractivity contribution in [3.05, 3.63) is 99.4 Å². The Morgan fingerprint density at radius 3 is 2.40 bits per heavy atom. The number of benzene rings is 3. The van der Waals surface area contributed by atoms with E-state index in [0.29, 0.717) is 25.9 Å². The van der Waals surface area contributed by atoms with Gasteiger partial charge in [0.05, 0.1) is 13.2 Å². The van der Waals surface area contributed by atoms with Gasteiger partial charge < -0.3 is 40.9 Å². The molecule has 4 aromatic rings. The number of amides is 2. The number of rotatable bonds is 9. The molecule has 0 bridgehead atoms. The van der Waals surface area contributed by atoms with Crippen molar-refractivity contribution in [2.24, 2.45) is 0 Å². The van der Waals surface area contributed by atoms with Gasteiger partial charge in [-0.05, 0) is 71.7 Å². The van der Waals surface area contributed by atoms with E-state index in [2.05, 4.69) is 28.8 Å². The van der Waals surface area contributed by atoms with Gasteiger partial charge in [0.1, 0.15) is 36.3 Å². The number of carbonyl (C=O) groups is 1. The Labute approximate surface area is 248 Å². The molecule has 0 aliphatic carbocycles. The minimum Gasteiger partial charge on any atom is -0.508 e. The van der Waals surface area contributed by atoms with Crippen LogP contribution in [0.2, 0.25) is 0 Å². The number of thiophene rings is 1. The van der Waals surface area contributed by atoms with Gasteiger partial charge in [0, 0.05) is 21.7 Å². The van der Waals surface area contributed by atoms with Gasteiger partial charge in [-0.15, -0.1) is 11.3 Å². The number of ether oxygens (including phenoxy) is 1. The molecule has 222 valence electrons. The molecular formula is C32H36N2O7S. The maximum atomic E-state index is 12.3. The normalized spacial score (nSPS) is 22.3. The molecule has 0 unspecified atom stereocenters. The second kappa shape index (κ2) is 13.2. The second-order valence-electron chi connectivity index (χ2n) is 10.7. The molecule has 5 rings (SSSR count). The van der Waals surface area contributed by atoms with Crippen LogP contribution in [0.1, 0.15) is 38.8 Å². The van der Waals surface area contributed by atoms with E-state index < -0.39 is 37.1 Å². The van der Waals surface area contributed by atoms with E-state index >= 15 is 0 Å².